The molecule has 69 valence electrons. The Morgan fingerprint density at radius 3 is 2.50 bits per heavy atom. The highest BCUT2D eigenvalue weighted by atomic mass is 16.2. The molecule has 12 heavy (non-hydrogen) atoms. The van der Waals surface area contributed by atoms with Crippen LogP contribution in [0.15, 0.2) is 0 Å². The molecule has 0 bridgehead atoms. The SMILES string of the molecule is CC(N)[N]C(=O)C1CCCCC1. The fraction of sp³-hybridized carbons (Fsp3) is 0.889. The van der Waals surface area contributed by atoms with Crippen LogP contribution in [0.5, 0.6) is 0 Å². The minimum atomic E-state index is -0.334. The van der Waals surface area contributed by atoms with E-state index in [1.807, 2.05) is 0 Å². The van der Waals surface area contributed by atoms with E-state index < -0.39 is 0 Å². The highest BCUT2D eigenvalue weighted by molar-refractivity contribution is 5.78. The maximum Gasteiger partial charge on any atom is 0.245 e. The minimum Gasteiger partial charge on any atom is -0.310 e. The fourth-order valence-electron chi connectivity index (χ4n) is 1.66. The van der Waals surface area contributed by atoms with Crippen LogP contribution in [0.25, 0.3) is 0 Å². The fourth-order valence-corrected chi connectivity index (χ4v) is 1.66. The molecule has 3 heteroatoms. The Labute approximate surface area is 73.7 Å². The summed E-state index contributed by atoms with van der Waals surface area (Å²) in [7, 11) is 0. The van der Waals surface area contributed by atoms with Gasteiger partial charge in [-0.25, -0.2) is 5.32 Å². The molecule has 1 atom stereocenters. The van der Waals surface area contributed by atoms with Gasteiger partial charge in [0, 0.05) is 5.92 Å². The molecule has 2 N–H and O–H groups in total. The van der Waals surface area contributed by atoms with Gasteiger partial charge in [-0.1, -0.05) is 19.3 Å². The van der Waals surface area contributed by atoms with Gasteiger partial charge < -0.3 is 5.73 Å². The standard InChI is InChI=1S/C9H17N2O/c1-7(10)11-9(12)8-5-3-2-4-6-8/h7-8H,2-6,10H2,1H3. The van der Waals surface area contributed by atoms with Crippen molar-refractivity contribution in [2.24, 2.45) is 11.7 Å². The van der Waals surface area contributed by atoms with Crippen LogP contribution in [0.1, 0.15) is 39.0 Å². The monoisotopic (exact) mass is 169 g/mol. The van der Waals surface area contributed by atoms with E-state index in [-0.39, 0.29) is 18.0 Å². The van der Waals surface area contributed by atoms with Gasteiger partial charge in [0.05, 0.1) is 6.17 Å². The molecule has 0 aromatic heterocycles. The number of nitrogens with two attached hydrogens (primary N) is 1. The van der Waals surface area contributed by atoms with Gasteiger partial charge in [0.25, 0.3) is 0 Å². The van der Waals surface area contributed by atoms with Crippen LogP contribution in [0, 0.1) is 5.92 Å². The zero-order valence-corrected chi connectivity index (χ0v) is 7.62. The van der Waals surface area contributed by atoms with Gasteiger partial charge in [-0.05, 0) is 19.8 Å². The molecule has 0 spiro atoms. The second-order valence-corrected chi connectivity index (χ2v) is 3.54. The number of nitrogens with zero attached hydrogens (tertiary/aromatic N) is 1. The lowest BCUT2D eigenvalue weighted by atomic mass is 9.88. The third-order valence-electron chi connectivity index (χ3n) is 2.29. The van der Waals surface area contributed by atoms with Gasteiger partial charge in [-0.2, -0.15) is 0 Å². The number of hydrogen-bond donors (Lipinski definition) is 1. The zero-order chi connectivity index (χ0) is 8.97. The van der Waals surface area contributed by atoms with E-state index in [1.54, 1.807) is 6.92 Å². The molecule has 1 fully saturated rings. The van der Waals surface area contributed by atoms with Gasteiger partial charge in [-0.3, -0.25) is 4.79 Å². The Morgan fingerprint density at radius 1 is 1.42 bits per heavy atom. The van der Waals surface area contributed by atoms with Crippen molar-refractivity contribution in [3.8, 4) is 0 Å². The van der Waals surface area contributed by atoms with Crippen molar-refractivity contribution in [3.63, 3.8) is 0 Å². The summed E-state index contributed by atoms with van der Waals surface area (Å²) in [4.78, 5) is 11.4. The summed E-state index contributed by atoms with van der Waals surface area (Å²) in [5.74, 6) is 0.189. The summed E-state index contributed by atoms with van der Waals surface area (Å²) in [6, 6.07) is 0. The smallest absolute Gasteiger partial charge is 0.245 e. The number of carbonyl (C=O) groups excluding carboxylic acids is 1. The first kappa shape index (κ1) is 9.52. The first-order valence-corrected chi connectivity index (χ1v) is 4.70. The topological polar surface area (TPSA) is 57.2 Å². The number of hydrogen-bond acceptors (Lipinski definition) is 2. The van der Waals surface area contributed by atoms with Crippen LogP contribution in [0.3, 0.4) is 0 Å². The zero-order valence-electron chi connectivity index (χ0n) is 7.62. The molecule has 1 saturated carbocycles. The van der Waals surface area contributed by atoms with Gasteiger partial charge in [-0.15, -0.1) is 0 Å². The van der Waals surface area contributed by atoms with Gasteiger partial charge in [0.15, 0.2) is 0 Å². The highest BCUT2D eigenvalue weighted by Crippen LogP contribution is 2.23. The van der Waals surface area contributed by atoms with E-state index >= 15 is 0 Å². The highest BCUT2D eigenvalue weighted by Gasteiger charge is 2.22. The number of rotatable bonds is 2. The lowest BCUT2D eigenvalue weighted by Crippen LogP contribution is -2.36. The molecule has 1 aliphatic rings. The third kappa shape index (κ3) is 2.81. The summed E-state index contributed by atoms with van der Waals surface area (Å²) in [6.07, 6.45) is 5.29. The largest absolute Gasteiger partial charge is 0.310 e. The van der Waals surface area contributed by atoms with Crippen molar-refractivity contribution in [2.75, 3.05) is 0 Å². The summed E-state index contributed by atoms with van der Waals surface area (Å²) >= 11 is 0. The second-order valence-electron chi connectivity index (χ2n) is 3.54. The van der Waals surface area contributed by atoms with Crippen LogP contribution in [-0.2, 0) is 4.79 Å². The third-order valence-corrected chi connectivity index (χ3v) is 2.29. The summed E-state index contributed by atoms with van der Waals surface area (Å²) in [5.41, 5.74) is 5.41. The van der Waals surface area contributed by atoms with Gasteiger partial charge in [0.2, 0.25) is 5.91 Å². The van der Waals surface area contributed by atoms with Crippen molar-refractivity contribution in [1.29, 1.82) is 0 Å². The quantitative estimate of drug-likeness (QED) is 0.670. The van der Waals surface area contributed by atoms with Gasteiger partial charge >= 0.3 is 0 Å². The molecular formula is C9H17N2O. The Hall–Kier alpha value is -0.570. The van der Waals surface area contributed by atoms with Crippen LogP contribution in [0.2, 0.25) is 0 Å². The van der Waals surface area contributed by atoms with Crippen molar-refractivity contribution < 1.29 is 4.79 Å². The molecule has 0 aromatic carbocycles. The molecule has 0 heterocycles. The molecule has 0 saturated heterocycles. The average Bonchev–Trinajstić information content (AvgIpc) is 2.05. The molecule has 0 aliphatic heterocycles. The van der Waals surface area contributed by atoms with Crippen LogP contribution >= 0.6 is 0 Å². The van der Waals surface area contributed by atoms with E-state index in [9.17, 15) is 4.79 Å². The van der Waals surface area contributed by atoms with E-state index in [0.29, 0.717) is 0 Å². The molecular weight excluding hydrogens is 152 g/mol. The Bertz CT molecular complexity index is 151. The summed E-state index contributed by atoms with van der Waals surface area (Å²) in [5, 5.41) is 3.84. The lowest BCUT2D eigenvalue weighted by Gasteiger charge is -2.20. The van der Waals surface area contributed by atoms with Crippen LogP contribution < -0.4 is 11.1 Å². The molecule has 1 unspecified atom stereocenters. The molecule has 1 aliphatic carbocycles. The Morgan fingerprint density at radius 2 is 2.00 bits per heavy atom. The van der Waals surface area contributed by atoms with Crippen molar-refractivity contribution >= 4 is 5.91 Å². The summed E-state index contributed by atoms with van der Waals surface area (Å²) in [6.45, 7) is 1.74. The Kier molecular flexibility index (Phi) is 3.53. The first-order valence-electron chi connectivity index (χ1n) is 4.70. The summed E-state index contributed by atoms with van der Waals surface area (Å²) < 4.78 is 0. The lowest BCUT2D eigenvalue weighted by molar-refractivity contribution is -0.126. The number of amides is 1. The molecule has 3 nitrogen and oxygen atoms in total. The van der Waals surface area contributed by atoms with E-state index in [2.05, 4.69) is 5.32 Å². The maximum absolute atomic E-state index is 11.4. The average molecular weight is 169 g/mol. The molecule has 1 amide bonds. The first-order chi connectivity index (χ1) is 5.70. The van der Waals surface area contributed by atoms with E-state index in [0.717, 1.165) is 12.8 Å². The predicted molar refractivity (Wildman–Crippen MR) is 47.4 cm³/mol. The maximum atomic E-state index is 11.4. The number of carbonyl (C=O) groups is 1. The van der Waals surface area contributed by atoms with Crippen LogP contribution in [0.4, 0.5) is 0 Å². The second kappa shape index (κ2) is 4.45. The van der Waals surface area contributed by atoms with E-state index in [4.69, 9.17) is 5.73 Å². The molecule has 0 aromatic rings. The van der Waals surface area contributed by atoms with Crippen molar-refractivity contribution in [1.82, 2.24) is 5.32 Å². The normalized spacial score (nSPS) is 21.8. The van der Waals surface area contributed by atoms with Crippen molar-refractivity contribution in [3.05, 3.63) is 0 Å². The minimum absolute atomic E-state index is 0.0182. The molecule has 1 rings (SSSR count). The Balaban J connectivity index is 2.30. The molecule has 1 radical (unpaired) electrons. The van der Waals surface area contributed by atoms with E-state index in [1.165, 1.54) is 19.3 Å². The predicted octanol–water partition coefficient (Wildman–Crippen LogP) is 1.00. The van der Waals surface area contributed by atoms with Crippen molar-refractivity contribution in [2.45, 2.75) is 45.2 Å². The van der Waals surface area contributed by atoms with Gasteiger partial charge in [0.1, 0.15) is 0 Å². The van der Waals surface area contributed by atoms with Crippen LogP contribution in [-0.4, -0.2) is 12.1 Å².